The summed E-state index contributed by atoms with van der Waals surface area (Å²) in [5.41, 5.74) is 14.7. The van der Waals surface area contributed by atoms with Gasteiger partial charge in [-0.3, -0.25) is 4.98 Å². The lowest BCUT2D eigenvalue weighted by Gasteiger charge is -2.27. The molecule has 0 bridgehead atoms. The number of rotatable bonds is 6. The second-order valence-corrected chi connectivity index (χ2v) is 9.00. The Hall–Kier alpha value is -1.65. The zero-order valence-electron chi connectivity index (χ0n) is 17.4. The van der Waals surface area contributed by atoms with Crippen LogP contribution < -0.4 is 11.2 Å². The molecule has 4 nitrogen and oxygen atoms in total. The molecular weight excluding hydrogens is 344 g/mol. The molecule has 0 unspecified atom stereocenters. The van der Waals surface area contributed by atoms with Gasteiger partial charge in [-0.05, 0) is 88.2 Å². The van der Waals surface area contributed by atoms with E-state index in [0.717, 1.165) is 43.3 Å². The van der Waals surface area contributed by atoms with Crippen LogP contribution in [0.15, 0.2) is 36.0 Å². The number of allylic oxidation sites excluding steroid dienone is 3. The first-order valence-corrected chi connectivity index (χ1v) is 11.3. The summed E-state index contributed by atoms with van der Waals surface area (Å²) in [4.78, 5) is 5.09. The molecule has 0 aromatic carbocycles. The highest BCUT2D eigenvalue weighted by Gasteiger charge is 2.26. The summed E-state index contributed by atoms with van der Waals surface area (Å²) < 4.78 is 0. The maximum absolute atomic E-state index is 6.06. The number of aryl methyl sites for hydroxylation is 1. The van der Waals surface area contributed by atoms with Crippen LogP contribution in [0.3, 0.4) is 0 Å². The molecule has 0 atom stereocenters. The predicted octanol–water partition coefficient (Wildman–Crippen LogP) is 4.44. The Bertz CT molecular complexity index is 711. The summed E-state index contributed by atoms with van der Waals surface area (Å²) in [5.74, 6) is 1.68. The van der Waals surface area contributed by atoms with Crippen molar-refractivity contribution in [3.05, 3.63) is 47.4 Å². The molecular formula is C24H36N4. The predicted molar refractivity (Wildman–Crippen MR) is 116 cm³/mol. The quantitative estimate of drug-likeness (QED) is 0.766. The molecule has 1 aromatic rings. The zero-order valence-corrected chi connectivity index (χ0v) is 17.4. The van der Waals surface area contributed by atoms with Crippen molar-refractivity contribution in [3.8, 4) is 0 Å². The SMILES string of the molecule is CN1NCC/C=C/C(c2cccc(CCC3CCC(N)CC3)n2)=C1CC1CC1. The Morgan fingerprint density at radius 1 is 1.11 bits per heavy atom. The maximum atomic E-state index is 6.06. The minimum absolute atomic E-state index is 0.436. The van der Waals surface area contributed by atoms with Gasteiger partial charge in [-0.15, -0.1) is 0 Å². The molecule has 0 radical (unpaired) electrons. The van der Waals surface area contributed by atoms with E-state index in [9.17, 15) is 0 Å². The van der Waals surface area contributed by atoms with Gasteiger partial charge in [0.25, 0.3) is 0 Å². The van der Waals surface area contributed by atoms with Crippen LogP contribution in [0, 0.1) is 11.8 Å². The zero-order chi connectivity index (χ0) is 19.3. The summed E-state index contributed by atoms with van der Waals surface area (Å²) in [7, 11) is 2.16. The number of hydrogen-bond acceptors (Lipinski definition) is 4. The van der Waals surface area contributed by atoms with Crippen LogP contribution in [0.2, 0.25) is 0 Å². The molecule has 28 heavy (non-hydrogen) atoms. The molecule has 3 aliphatic rings. The van der Waals surface area contributed by atoms with Crippen molar-refractivity contribution < 1.29 is 0 Å². The van der Waals surface area contributed by atoms with E-state index >= 15 is 0 Å². The molecule has 2 fully saturated rings. The molecule has 2 aliphatic carbocycles. The number of hydrazine groups is 1. The number of aromatic nitrogens is 1. The van der Waals surface area contributed by atoms with E-state index in [1.807, 2.05) is 0 Å². The molecule has 0 saturated heterocycles. The van der Waals surface area contributed by atoms with E-state index in [4.69, 9.17) is 10.7 Å². The molecule has 152 valence electrons. The summed E-state index contributed by atoms with van der Waals surface area (Å²) in [6, 6.07) is 7.01. The summed E-state index contributed by atoms with van der Waals surface area (Å²) in [6.45, 7) is 0.993. The fourth-order valence-corrected chi connectivity index (χ4v) is 4.56. The average molecular weight is 381 g/mol. The highest BCUT2D eigenvalue weighted by atomic mass is 15.5. The number of nitrogens with two attached hydrogens (primary N) is 1. The smallest absolute Gasteiger partial charge is 0.0723 e. The Morgan fingerprint density at radius 2 is 1.89 bits per heavy atom. The fourth-order valence-electron chi connectivity index (χ4n) is 4.56. The van der Waals surface area contributed by atoms with Crippen LogP contribution in [-0.2, 0) is 6.42 Å². The lowest BCUT2D eigenvalue weighted by atomic mass is 9.83. The Morgan fingerprint density at radius 3 is 2.68 bits per heavy atom. The van der Waals surface area contributed by atoms with E-state index in [1.54, 1.807) is 0 Å². The Labute approximate surface area is 170 Å². The first kappa shape index (κ1) is 19.7. The van der Waals surface area contributed by atoms with Crippen molar-refractivity contribution in [1.82, 2.24) is 15.4 Å². The largest absolute Gasteiger partial charge is 0.328 e. The lowest BCUT2D eigenvalue weighted by Crippen LogP contribution is -2.35. The number of nitrogens with one attached hydrogen (secondary N) is 1. The van der Waals surface area contributed by atoms with Gasteiger partial charge in [0.1, 0.15) is 0 Å². The first-order valence-electron chi connectivity index (χ1n) is 11.3. The molecule has 4 heteroatoms. The van der Waals surface area contributed by atoms with Gasteiger partial charge < -0.3 is 10.7 Å². The van der Waals surface area contributed by atoms with Crippen molar-refractivity contribution in [1.29, 1.82) is 0 Å². The van der Waals surface area contributed by atoms with Crippen LogP contribution in [0.25, 0.3) is 5.57 Å². The van der Waals surface area contributed by atoms with Crippen LogP contribution >= 0.6 is 0 Å². The normalized spacial score (nSPS) is 27.4. The van der Waals surface area contributed by atoms with Gasteiger partial charge in [0.2, 0.25) is 0 Å². The van der Waals surface area contributed by atoms with Gasteiger partial charge in [0, 0.05) is 36.6 Å². The fraction of sp³-hybridized carbons (Fsp3) is 0.625. The van der Waals surface area contributed by atoms with Crippen molar-refractivity contribution in [2.45, 2.75) is 70.3 Å². The second kappa shape index (κ2) is 9.23. The molecule has 3 N–H and O–H groups in total. The number of nitrogens with zero attached hydrogens (tertiary/aromatic N) is 2. The van der Waals surface area contributed by atoms with E-state index < -0.39 is 0 Å². The van der Waals surface area contributed by atoms with Gasteiger partial charge in [-0.2, -0.15) is 0 Å². The van der Waals surface area contributed by atoms with E-state index in [2.05, 4.69) is 47.8 Å². The average Bonchev–Trinajstić information content (AvgIpc) is 3.52. The topological polar surface area (TPSA) is 54.2 Å². The molecule has 1 aromatic heterocycles. The third kappa shape index (κ3) is 5.24. The summed E-state index contributed by atoms with van der Waals surface area (Å²) >= 11 is 0. The van der Waals surface area contributed by atoms with Crippen molar-refractivity contribution in [2.75, 3.05) is 13.6 Å². The summed E-state index contributed by atoms with van der Waals surface area (Å²) in [5, 5.41) is 2.25. The molecule has 0 amide bonds. The molecule has 4 rings (SSSR count). The van der Waals surface area contributed by atoms with Crippen molar-refractivity contribution >= 4 is 5.57 Å². The van der Waals surface area contributed by atoms with Gasteiger partial charge in [0.15, 0.2) is 0 Å². The highest BCUT2D eigenvalue weighted by molar-refractivity contribution is 5.74. The molecule has 0 spiro atoms. The molecule has 1 aliphatic heterocycles. The standard InChI is InChI=1S/C24H36N4/c1-28-24(17-19-8-9-19)22(6-2-3-16-26-28)23-7-4-5-21(27-23)15-12-18-10-13-20(25)14-11-18/h2,4-7,18-20,26H,3,8-17,25H2,1H3/b6-2+,24-22?. The van der Waals surface area contributed by atoms with E-state index in [1.165, 1.54) is 61.9 Å². The van der Waals surface area contributed by atoms with Crippen LogP contribution in [0.1, 0.15) is 69.2 Å². The van der Waals surface area contributed by atoms with Crippen LogP contribution in [0.5, 0.6) is 0 Å². The van der Waals surface area contributed by atoms with Gasteiger partial charge in [0.05, 0.1) is 5.69 Å². The third-order valence-corrected chi connectivity index (χ3v) is 6.62. The maximum Gasteiger partial charge on any atom is 0.0723 e. The second-order valence-electron chi connectivity index (χ2n) is 9.00. The minimum Gasteiger partial charge on any atom is -0.328 e. The van der Waals surface area contributed by atoms with E-state index in [0.29, 0.717) is 6.04 Å². The molecule has 2 heterocycles. The van der Waals surface area contributed by atoms with Gasteiger partial charge in [-0.25, -0.2) is 5.43 Å². The first-order chi connectivity index (χ1) is 13.7. The Kier molecular flexibility index (Phi) is 6.48. The Balaban J connectivity index is 1.51. The number of hydrogen-bond donors (Lipinski definition) is 2. The monoisotopic (exact) mass is 380 g/mol. The van der Waals surface area contributed by atoms with Crippen molar-refractivity contribution in [3.63, 3.8) is 0 Å². The minimum atomic E-state index is 0.436. The molecule has 2 saturated carbocycles. The number of pyridine rings is 1. The van der Waals surface area contributed by atoms with Crippen LogP contribution in [0.4, 0.5) is 0 Å². The summed E-state index contributed by atoms with van der Waals surface area (Å²) in [6.07, 6.45) is 16.8. The highest BCUT2D eigenvalue weighted by Crippen LogP contribution is 2.38. The van der Waals surface area contributed by atoms with Gasteiger partial charge in [-0.1, -0.05) is 18.2 Å². The lowest BCUT2D eigenvalue weighted by molar-refractivity contribution is 0.289. The van der Waals surface area contributed by atoms with E-state index in [-0.39, 0.29) is 0 Å². The third-order valence-electron chi connectivity index (χ3n) is 6.62. The van der Waals surface area contributed by atoms with Crippen molar-refractivity contribution in [2.24, 2.45) is 17.6 Å². The van der Waals surface area contributed by atoms with Crippen LogP contribution in [-0.4, -0.2) is 29.6 Å². The van der Waals surface area contributed by atoms with Gasteiger partial charge >= 0.3 is 0 Å².